The van der Waals surface area contributed by atoms with E-state index in [4.69, 9.17) is 0 Å². The summed E-state index contributed by atoms with van der Waals surface area (Å²) >= 11 is 0. The average molecular weight is 204 g/mol. The Bertz CT molecular complexity index is 382. The van der Waals surface area contributed by atoms with Crippen LogP contribution >= 0.6 is 0 Å². The molecule has 0 saturated heterocycles. The first-order valence-electron chi connectivity index (χ1n) is 4.43. The Morgan fingerprint density at radius 1 is 1.27 bits per heavy atom. The first-order valence-corrected chi connectivity index (χ1v) is 4.43. The SMILES string of the molecule is C=CC(=O)Nc1ccc(C(=O)NC)cc1. The summed E-state index contributed by atoms with van der Waals surface area (Å²) < 4.78 is 0. The van der Waals surface area contributed by atoms with Gasteiger partial charge in [0.05, 0.1) is 0 Å². The van der Waals surface area contributed by atoms with Gasteiger partial charge in [0.1, 0.15) is 0 Å². The average Bonchev–Trinajstić information content (AvgIpc) is 2.29. The molecule has 0 radical (unpaired) electrons. The molecule has 0 bridgehead atoms. The van der Waals surface area contributed by atoms with Crippen molar-refractivity contribution in [1.82, 2.24) is 5.32 Å². The number of benzene rings is 1. The summed E-state index contributed by atoms with van der Waals surface area (Å²) in [5, 5.41) is 5.10. The molecule has 0 aromatic heterocycles. The van der Waals surface area contributed by atoms with Crippen molar-refractivity contribution in [3.8, 4) is 0 Å². The Morgan fingerprint density at radius 2 is 1.87 bits per heavy atom. The van der Waals surface area contributed by atoms with E-state index in [9.17, 15) is 9.59 Å². The number of rotatable bonds is 3. The zero-order valence-corrected chi connectivity index (χ0v) is 8.41. The predicted octanol–water partition coefficient (Wildman–Crippen LogP) is 1.17. The number of carbonyl (C=O) groups excluding carboxylic acids is 2. The molecule has 78 valence electrons. The molecule has 0 aliphatic carbocycles. The maximum absolute atomic E-state index is 11.2. The van der Waals surface area contributed by atoms with Gasteiger partial charge in [-0.3, -0.25) is 9.59 Å². The van der Waals surface area contributed by atoms with E-state index < -0.39 is 0 Å². The second-order valence-electron chi connectivity index (χ2n) is 2.85. The van der Waals surface area contributed by atoms with E-state index in [1.165, 1.54) is 6.08 Å². The van der Waals surface area contributed by atoms with Crippen LogP contribution in [0, 0.1) is 0 Å². The second-order valence-corrected chi connectivity index (χ2v) is 2.85. The standard InChI is InChI=1S/C11H12N2O2/c1-3-10(14)13-9-6-4-8(5-7-9)11(15)12-2/h3-7H,1H2,2H3,(H,12,15)(H,13,14). The lowest BCUT2D eigenvalue weighted by Gasteiger charge is -2.03. The smallest absolute Gasteiger partial charge is 0.251 e. The molecule has 1 rings (SSSR count). The molecule has 15 heavy (non-hydrogen) atoms. The minimum atomic E-state index is -0.275. The molecule has 1 aromatic rings. The maximum Gasteiger partial charge on any atom is 0.251 e. The lowest BCUT2D eigenvalue weighted by molar-refractivity contribution is -0.111. The maximum atomic E-state index is 11.2. The van der Waals surface area contributed by atoms with Gasteiger partial charge < -0.3 is 10.6 Å². The number of hydrogen-bond donors (Lipinski definition) is 2. The summed E-state index contributed by atoms with van der Waals surface area (Å²) in [6.45, 7) is 3.34. The fourth-order valence-electron chi connectivity index (χ4n) is 1.04. The molecule has 0 atom stereocenters. The molecule has 0 saturated carbocycles. The third-order valence-corrected chi connectivity index (χ3v) is 1.83. The highest BCUT2D eigenvalue weighted by Crippen LogP contribution is 2.09. The molecule has 0 fully saturated rings. The van der Waals surface area contributed by atoms with Crippen LogP contribution in [0.1, 0.15) is 10.4 Å². The largest absolute Gasteiger partial charge is 0.355 e. The van der Waals surface area contributed by atoms with Crippen molar-refractivity contribution < 1.29 is 9.59 Å². The molecule has 4 heteroatoms. The van der Waals surface area contributed by atoms with Crippen LogP contribution in [0.25, 0.3) is 0 Å². The van der Waals surface area contributed by atoms with Gasteiger partial charge in [0.25, 0.3) is 5.91 Å². The van der Waals surface area contributed by atoms with Crippen LogP contribution in [0.2, 0.25) is 0 Å². The molecule has 4 nitrogen and oxygen atoms in total. The van der Waals surface area contributed by atoms with Gasteiger partial charge in [0, 0.05) is 18.3 Å². The zero-order chi connectivity index (χ0) is 11.3. The molecule has 0 spiro atoms. The van der Waals surface area contributed by atoms with Gasteiger partial charge in [-0.05, 0) is 30.3 Å². The molecule has 0 aliphatic heterocycles. The van der Waals surface area contributed by atoms with Crippen LogP contribution in [0.5, 0.6) is 0 Å². The highest BCUT2D eigenvalue weighted by Gasteiger charge is 2.02. The zero-order valence-electron chi connectivity index (χ0n) is 8.41. The van der Waals surface area contributed by atoms with Crippen LogP contribution in [0.4, 0.5) is 5.69 Å². The van der Waals surface area contributed by atoms with E-state index in [1.807, 2.05) is 0 Å². The Labute approximate surface area is 88.0 Å². The van der Waals surface area contributed by atoms with Crippen LogP contribution in [0.15, 0.2) is 36.9 Å². The number of anilines is 1. The Balaban J connectivity index is 2.76. The molecule has 0 aliphatic rings. The third kappa shape index (κ3) is 2.95. The van der Waals surface area contributed by atoms with E-state index in [2.05, 4.69) is 17.2 Å². The van der Waals surface area contributed by atoms with E-state index in [0.29, 0.717) is 11.3 Å². The Morgan fingerprint density at radius 3 is 2.33 bits per heavy atom. The minimum Gasteiger partial charge on any atom is -0.355 e. The fourth-order valence-corrected chi connectivity index (χ4v) is 1.04. The van der Waals surface area contributed by atoms with E-state index in [0.717, 1.165) is 0 Å². The highest BCUT2D eigenvalue weighted by molar-refractivity contribution is 5.99. The van der Waals surface area contributed by atoms with Crippen molar-refractivity contribution in [1.29, 1.82) is 0 Å². The molecule has 1 aromatic carbocycles. The van der Waals surface area contributed by atoms with Crippen molar-refractivity contribution in [3.05, 3.63) is 42.5 Å². The molecule has 0 heterocycles. The van der Waals surface area contributed by atoms with Crippen molar-refractivity contribution in [3.63, 3.8) is 0 Å². The molecule has 2 amide bonds. The van der Waals surface area contributed by atoms with Gasteiger partial charge >= 0.3 is 0 Å². The first kappa shape index (κ1) is 11.0. The third-order valence-electron chi connectivity index (χ3n) is 1.83. The van der Waals surface area contributed by atoms with Crippen molar-refractivity contribution in [2.45, 2.75) is 0 Å². The van der Waals surface area contributed by atoms with Gasteiger partial charge in [0.2, 0.25) is 5.91 Å². The summed E-state index contributed by atoms with van der Waals surface area (Å²) in [5.74, 6) is -0.431. The fraction of sp³-hybridized carbons (Fsp3) is 0.0909. The van der Waals surface area contributed by atoms with E-state index in [-0.39, 0.29) is 11.8 Å². The highest BCUT2D eigenvalue weighted by atomic mass is 16.2. The van der Waals surface area contributed by atoms with Crippen LogP contribution in [0.3, 0.4) is 0 Å². The van der Waals surface area contributed by atoms with E-state index in [1.54, 1.807) is 31.3 Å². The molecular formula is C11H12N2O2. The number of nitrogens with one attached hydrogen (secondary N) is 2. The summed E-state index contributed by atoms with van der Waals surface area (Å²) in [5.41, 5.74) is 1.18. The van der Waals surface area contributed by atoms with Crippen LogP contribution in [-0.2, 0) is 4.79 Å². The first-order chi connectivity index (χ1) is 7.17. The van der Waals surface area contributed by atoms with Crippen molar-refractivity contribution in [2.24, 2.45) is 0 Å². The predicted molar refractivity (Wildman–Crippen MR) is 58.7 cm³/mol. The van der Waals surface area contributed by atoms with Gasteiger partial charge in [-0.2, -0.15) is 0 Å². The molecular weight excluding hydrogens is 192 g/mol. The van der Waals surface area contributed by atoms with E-state index >= 15 is 0 Å². The quantitative estimate of drug-likeness (QED) is 0.726. The minimum absolute atomic E-state index is 0.156. The Hall–Kier alpha value is -2.10. The normalized spacial score (nSPS) is 9.13. The summed E-state index contributed by atoms with van der Waals surface area (Å²) in [6.07, 6.45) is 1.19. The second kappa shape index (κ2) is 4.95. The molecule has 2 N–H and O–H groups in total. The van der Waals surface area contributed by atoms with Gasteiger partial charge in [-0.25, -0.2) is 0 Å². The Kier molecular flexibility index (Phi) is 3.62. The van der Waals surface area contributed by atoms with Crippen molar-refractivity contribution in [2.75, 3.05) is 12.4 Å². The summed E-state index contributed by atoms with van der Waals surface area (Å²) in [4.78, 5) is 22.1. The monoisotopic (exact) mass is 204 g/mol. The van der Waals surface area contributed by atoms with Crippen LogP contribution in [-0.4, -0.2) is 18.9 Å². The van der Waals surface area contributed by atoms with Gasteiger partial charge in [-0.15, -0.1) is 0 Å². The molecule has 0 unspecified atom stereocenters. The summed E-state index contributed by atoms with van der Waals surface area (Å²) in [7, 11) is 1.57. The summed E-state index contributed by atoms with van der Waals surface area (Å²) in [6, 6.07) is 6.59. The number of hydrogen-bond acceptors (Lipinski definition) is 2. The van der Waals surface area contributed by atoms with Gasteiger partial charge in [-0.1, -0.05) is 6.58 Å². The van der Waals surface area contributed by atoms with Crippen LogP contribution < -0.4 is 10.6 Å². The lowest BCUT2D eigenvalue weighted by atomic mass is 10.2. The lowest BCUT2D eigenvalue weighted by Crippen LogP contribution is -2.17. The number of carbonyl (C=O) groups is 2. The van der Waals surface area contributed by atoms with Crippen molar-refractivity contribution >= 4 is 17.5 Å². The number of amides is 2. The topological polar surface area (TPSA) is 58.2 Å². The van der Waals surface area contributed by atoms with Gasteiger partial charge in [0.15, 0.2) is 0 Å².